The summed E-state index contributed by atoms with van der Waals surface area (Å²) in [6.45, 7) is 2.67. The largest absolute Gasteiger partial charge is 0.323 e. The van der Waals surface area contributed by atoms with E-state index in [9.17, 15) is 4.79 Å². The maximum absolute atomic E-state index is 12.0. The molecule has 3 rings (SSSR count). The van der Waals surface area contributed by atoms with Gasteiger partial charge in [0.05, 0.1) is 18.4 Å². The minimum Gasteiger partial charge on any atom is -0.308 e. The summed E-state index contributed by atoms with van der Waals surface area (Å²) in [7, 11) is 0. The minimum absolute atomic E-state index is 0.284. The van der Waals surface area contributed by atoms with Crippen molar-refractivity contribution in [1.29, 1.82) is 0 Å². The first kappa shape index (κ1) is 14.8. The van der Waals surface area contributed by atoms with Gasteiger partial charge in [0.15, 0.2) is 0 Å². The number of nitrogens with one attached hydrogen (secondary N) is 2. The predicted molar refractivity (Wildman–Crippen MR) is 91.6 cm³/mol. The highest BCUT2D eigenvalue weighted by atomic mass is 16.2. The number of anilines is 2. The number of carbonyl (C=O) groups is 1. The first-order chi connectivity index (χ1) is 11.2. The lowest BCUT2D eigenvalue weighted by molar-refractivity contribution is 0.262. The number of aromatic nitrogens is 2. The zero-order chi connectivity index (χ0) is 16.1. The van der Waals surface area contributed by atoms with E-state index in [0.29, 0.717) is 12.2 Å². The van der Waals surface area contributed by atoms with E-state index >= 15 is 0 Å². The van der Waals surface area contributed by atoms with Crippen molar-refractivity contribution in [2.24, 2.45) is 0 Å². The average Bonchev–Trinajstić information content (AvgIpc) is 2.97. The van der Waals surface area contributed by atoms with Crippen molar-refractivity contribution >= 4 is 17.4 Å². The van der Waals surface area contributed by atoms with Crippen LogP contribution in [0.1, 0.15) is 11.1 Å². The Morgan fingerprint density at radius 3 is 2.43 bits per heavy atom. The summed E-state index contributed by atoms with van der Waals surface area (Å²) in [6.07, 6.45) is 3.44. The number of carbonyl (C=O) groups excluding carboxylic acids is 1. The van der Waals surface area contributed by atoms with E-state index < -0.39 is 0 Å². The lowest BCUT2D eigenvalue weighted by Gasteiger charge is -2.06. The van der Waals surface area contributed by atoms with E-state index in [1.807, 2.05) is 67.7 Å². The minimum atomic E-state index is -0.284. The van der Waals surface area contributed by atoms with Gasteiger partial charge in [-0.05, 0) is 24.6 Å². The normalized spacial score (nSPS) is 10.3. The van der Waals surface area contributed by atoms with Gasteiger partial charge in [0.2, 0.25) is 0 Å². The van der Waals surface area contributed by atoms with Crippen LogP contribution < -0.4 is 10.6 Å². The van der Waals surface area contributed by atoms with E-state index in [0.717, 1.165) is 16.8 Å². The Bertz CT molecular complexity index is 778. The topological polar surface area (TPSA) is 59.0 Å². The number of amides is 2. The molecule has 2 N–H and O–H groups in total. The third kappa shape index (κ3) is 4.20. The Hall–Kier alpha value is -3.08. The third-order valence-corrected chi connectivity index (χ3v) is 3.39. The smallest absolute Gasteiger partial charge is 0.308 e. The zero-order valence-corrected chi connectivity index (χ0v) is 12.9. The molecule has 0 aliphatic carbocycles. The molecule has 0 spiro atoms. The van der Waals surface area contributed by atoms with Gasteiger partial charge in [-0.1, -0.05) is 48.0 Å². The summed E-state index contributed by atoms with van der Waals surface area (Å²) < 4.78 is 1.79. The van der Waals surface area contributed by atoms with Crippen LogP contribution in [-0.2, 0) is 6.54 Å². The molecule has 0 atom stereocenters. The molecule has 0 aliphatic rings. The summed E-state index contributed by atoms with van der Waals surface area (Å²) in [5, 5.41) is 9.82. The molecule has 0 unspecified atom stereocenters. The maximum atomic E-state index is 12.0. The van der Waals surface area contributed by atoms with Crippen molar-refractivity contribution < 1.29 is 4.79 Å². The summed E-state index contributed by atoms with van der Waals surface area (Å²) in [5.74, 6) is 0. The molecule has 0 saturated heterocycles. The monoisotopic (exact) mass is 306 g/mol. The SMILES string of the molecule is Cc1ccc(NC(=O)Nc2cnn(Cc3ccccc3)c2)cc1. The van der Waals surface area contributed by atoms with Gasteiger partial charge in [0.1, 0.15) is 0 Å². The molecule has 3 aromatic rings. The molecule has 5 heteroatoms. The summed E-state index contributed by atoms with van der Waals surface area (Å²) in [6, 6.07) is 17.4. The summed E-state index contributed by atoms with van der Waals surface area (Å²) >= 11 is 0. The fourth-order valence-corrected chi connectivity index (χ4v) is 2.22. The van der Waals surface area contributed by atoms with Crippen LogP contribution in [0.5, 0.6) is 0 Å². The molecule has 23 heavy (non-hydrogen) atoms. The Morgan fingerprint density at radius 2 is 1.70 bits per heavy atom. The molecule has 0 radical (unpaired) electrons. The van der Waals surface area contributed by atoms with Crippen LogP contribution in [-0.4, -0.2) is 15.8 Å². The van der Waals surface area contributed by atoms with Crippen LogP contribution in [0, 0.1) is 6.92 Å². The number of hydrogen-bond acceptors (Lipinski definition) is 2. The second-order valence-electron chi connectivity index (χ2n) is 5.36. The highest BCUT2D eigenvalue weighted by Crippen LogP contribution is 2.11. The Labute approximate surface area is 135 Å². The average molecular weight is 306 g/mol. The van der Waals surface area contributed by atoms with Gasteiger partial charge in [0.25, 0.3) is 0 Å². The van der Waals surface area contributed by atoms with Crippen LogP contribution >= 0.6 is 0 Å². The highest BCUT2D eigenvalue weighted by molar-refractivity contribution is 5.99. The second kappa shape index (κ2) is 6.79. The van der Waals surface area contributed by atoms with Crippen molar-refractivity contribution in [3.8, 4) is 0 Å². The van der Waals surface area contributed by atoms with E-state index in [2.05, 4.69) is 15.7 Å². The van der Waals surface area contributed by atoms with E-state index in [1.54, 1.807) is 10.9 Å². The van der Waals surface area contributed by atoms with Crippen molar-refractivity contribution in [3.05, 3.63) is 78.1 Å². The molecule has 0 bridgehead atoms. The van der Waals surface area contributed by atoms with Crippen molar-refractivity contribution in [3.63, 3.8) is 0 Å². The van der Waals surface area contributed by atoms with Gasteiger partial charge in [-0.3, -0.25) is 4.68 Å². The summed E-state index contributed by atoms with van der Waals surface area (Å²) in [4.78, 5) is 12.0. The number of urea groups is 1. The van der Waals surface area contributed by atoms with Gasteiger partial charge in [-0.25, -0.2) is 4.79 Å². The van der Waals surface area contributed by atoms with Crippen LogP contribution in [0.25, 0.3) is 0 Å². The molecule has 116 valence electrons. The molecule has 2 amide bonds. The third-order valence-electron chi connectivity index (χ3n) is 3.39. The van der Waals surface area contributed by atoms with Crippen LogP contribution in [0.4, 0.5) is 16.2 Å². The highest BCUT2D eigenvalue weighted by Gasteiger charge is 2.05. The number of benzene rings is 2. The van der Waals surface area contributed by atoms with E-state index in [4.69, 9.17) is 0 Å². The number of rotatable bonds is 4. The van der Waals surface area contributed by atoms with Crippen LogP contribution in [0.2, 0.25) is 0 Å². The first-order valence-electron chi connectivity index (χ1n) is 7.40. The molecule has 1 aromatic heterocycles. The van der Waals surface area contributed by atoms with Crippen LogP contribution in [0.15, 0.2) is 67.0 Å². The van der Waals surface area contributed by atoms with E-state index in [1.165, 1.54) is 0 Å². The fourth-order valence-electron chi connectivity index (χ4n) is 2.22. The van der Waals surface area contributed by atoms with Gasteiger partial charge >= 0.3 is 6.03 Å². The quantitative estimate of drug-likeness (QED) is 0.768. The zero-order valence-electron chi connectivity index (χ0n) is 12.9. The lowest BCUT2D eigenvalue weighted by Crippen LogP contribution is -2.19. The Kier molecular flexibility index (Phi) is 4.38. The molecule has 0 fully saturated rings. The van der Waals surface area contributed by atoms with Crippen LogP contribution in [0.3, 0.4) is 0 Å². The standard InChI is InChI=1S/C18H18N4O/c1-14-7-9-16(10-8-14)20-18(23)21-17-11-19-22(13-17)12-15-5-3-2-4-6-15/h2-11,13H,12H2,1H3,(H2,20,21,23). The van der Waals surface area contributed by atoms with Gasteiger partial charge in [-0.2, -0.15) is 5.10 Å². The van der Waals surface area contributed by atoms with E-state index in [-0.39, 0.29) is 6.03 Å². The molecule has 1 heterocycles. The first-order valence-corrected chi connectivity index (χ1v) is 7.40. The second-order valence-corrected chi connectivity index (χ2v) is 5.36. The van der Waals surface area contributed by atoms with Crippen molar-refractivity contribution in [2.75, 3.05) is 10.6 Å². The Balaban J connectivity index is 1.58. The molecular weight excluding hydrogens is 288 g/mol. The fraction of sp³-hybridized carbons (Fsp3) is 0.111. The Morgan fingerprint density at radius 1 is 1.00 bits per heavy atom. The molecule has 2 aromatic carbocycles. The van der Waals surface area contributed by atoms with Gasteiger partial charge in [-0.15, -0.1) is 0 Å². The maximum Gasteiger partial charge on any atom is 0.323 e. The molecule has 5 nitrogen and oxygen atoms in total. The number of aryl methyl sites for hydroxylation is 1. The number of nitrogens with zero attached hydrogens (tertiary/aromatic N) is 2. The number of hydrogen-bond donors (Lipinski definition) is 2. The molecular formula is C18H18N4O. The predicted octanol–water partition coefficient (Wildman–Crippen LogP) is 3.88. The van der Waals surface area contributed by atoms with Crippen molar-refractivity contribution in [1.82, 2.24) is 9.78 Å². The van der Waals surface area contributed by atoms with Gasteiger partial charge < -0.3 is 10.6 Å². The lowest BCUT2D eigenvalue weighted by atomic mass is 10.2. The molecule has 0 aliphatic heterocycles. The van der Waals surface area contributed by atoms with Crippen molar-refractivity contribution in [2.45, 2.75) is 13.5 Å². The molecule has 0 saturated carbocycles. The van der Waals surface area contributed by atoms with Gasteiger partial charge in [0, 0.05) is 11.9 Å². The summed E-state index contributed by atoms with van der Waals surface area (Å²) in [5.41, 5.74) is 3.72.